The quantitative estimate of drug-likeness (QED) is 0.626. The minimum absolute atomic E-state index is 0. The second-order valence-electron chi connectivity index (χ2n) is 4.26. The van der Waals surface area contributed by atoms with Crippen LogP contribution in [0.15, 0.2) is 60.7 Å². The summed E-state index contributed by atoms with van der Waals surface area (Å²) in [5, 5.41) is 38.1. The van der Waals surface area contributed by atoms with Crippen molar-refractivity contribution in [2.75, 3.05) is 0 Å². The van der Waals surface area contributed by atoms with Gasteiger partial charge in [0.2, 0.25) is 0 Å². The monoisotopic (exact) mass is 405 g/mol. The maximum atomic E-state index is 10.1. The second-order valence-corrected chi connectivity index (χ2v) is 4.26. The van der Waals surface area contributed by atoms with Crippen molar-refractivity contribution in [3.63, 3.8) is 0 Å². The van der Waals surface area contributed by atoms with E-state index >= 15 is 0 Å². The van der Waals surface area contributed by atoms with Crippen molar-refractivity contribution in [1.82, 2.24) is 0 Å². The predicted octanol–water partition coefficient (Wildman–Crippen LogP) is -1.06. The molecular weight excluding hydrogens is 391 g/mol. The van der Waals surface area contributed by atoms with E-state index in [2.05, 4.69) is 0 Å². The third kappa shape index (κ3) is 7.15. The van der Waals surface area contributed by atoms with E-state index in [0.717, 1.165) is 0 Å². The van der Waals surface area contributed by atoms with Crippen molar-refractivity contribution < 1.29 is 49.5 Å². The molecule has 0 aliphatic rings. The van der Waals surface area contributed by atoms with E-state index in [1.165, 1.54) is 24.3 Å². The number of aliphatic hydroxyl groups excluding tert-OH is 2. The van der Waals surface area contributed by atoms with Crippen LogP contribution in [0.5, 0.6) is 0 Å². The molecule has 1 radical (unpaired) electrons. The number of carboxylic acids is 2. The van der Waals surface area contributed by atoms with Gasteiger partial charge in [0.1, 0.15) is 12.2 Å². The Balaban J connectivity index is 0.000000403. The van der Waals surface area contributed by atoms with Crippen molar-refractivity contribution in [2.24, 2.45) is 0 Å². The van der Waals surface area contributed by atoms with Crippen molar-refractivity contribution in [1.29, 1.82) is 0 Å². The molecule has 2 atom stereocenters. The SMILES string of the molecule is O=C([O-])C(O)c1ccccc1.O=C([O-])C(O)c1ccccc1.[Rh+2]. The second kappa shape index (κ2) is 10.6. The molecule has 0 aliphatic heterocycles. The Morgan fingerprint density at radius 2 is 0.957 bits per heavy atom. The summed E-state index contributed by atoms with van der Waals surface area (Å²) in [4.78, 5) is 20.3. The molecule has 0 aromatic heterocycles. The minimum Gasteiger partial charge on any atom is -0.547 e. The van der Waals surface area contributed by atoms with Gasteiger partial charge in [-0.05, 0) is 11.1 Å². The maximum absolute atomic E-state index is 10.1. The van der Waals surface area contributed by atoms with E-state index in [1.54, 1.807) is 36.4 Å². The van der Waals surface area contributed by atoms with Crippen LogP contribution in [0.2, 0.25) is 0 Å². The van der Waals surface area contributed by atoms with Crippen LogP contribution in [0.4, 0.5) is 0 Å². The number of rotatable bonds is 4. The van der Waals surface area contributed by atoms with Crippen molar-refractivity contribution in [2.45, 2.75) is 12.2 Å². The summed E-state index contributed by atoms with van der Waals surface area (Å²) >= 11 is 0. The molecule has 123 valence electrons. The zero-order valence-corrected chi connectivity index (χ0v) is 13.4. The Labute approximate surface area is 145 Å². The topological polar surface area (TPSA) is 121 Å². The van der Waals surface area contributed by atoms with Gasteiger partial charge < -0.3 is 30.0 Å². The van der Waals surface area contributed by atoms with Gasteiger partial charge in [0.15, 0.2) is 0 Å². The summed E-state index contributed by atoms with van der Waals surface area (Å²) < 4.78 is 0. The van der Waals surface area contributed by atoms with Gasteiger partial charge in [0, 0.05) is 0 Å². The smallest absolute Gasteiger partial charge is 0.547 e. The number of aliphatic carboxylic acids is 2. The molecule has 0 bridgehead atoms. The fourth-order valence-electron chi connectivity index (χ4n) is 1.54. The number of carboxylic acid groups (broad SMARTS) is 2. The Morgan fingerprint density at radius 1 is 0.696 bits per heavy atom. The first-order valence-corrected chi connectivity index (χ1v) is 6.31. The van der Waals surface area contributed by atoms with Crippen LogP contribution in [0.1, 0.15) is 23.3 Å². The molecule has 2 aromatic carbocycles. The van der Waals surface area contributed by atoms with Crippen LogP contribution in [-0.2, 0) is 29.1 Å². The van der Waals surface area contributed by atoms with Crippen LogP contribution in [0, 0.1) is 0 Å². The Morgan fingerprint density at radius 3 is 1.17 bits per heavy atom. The first kappa shape index (κ1) is 20.9. The number of aliphatic hydroxyl groups is 2. The molecule has 2 N–H and O–H groups in total. The predicted molar refractivity (Wildman–Crippen MR) is 72.8 cm³/mol. The van der Waals surface area contributed by atoms with E-state index in [9.17, 15) is 19.8 Å². The molecule has 0 spiro atoms. The summed E-state index contributed by atoms with van der Waals surface area (Å²) in [5.74, 6) is -2.95. The first-order chi connectivity index (χ1) is 10.4. The molecule has 0 heterocycles. The molecular formula is C16H14O6Rh. The fraction of sp³-hybridized carbons (Fsp3) is 0.125. The Kier molecular flexibility index (Phi) is 9.66. The molecule has 23 heavy (non-hydrogen) atoms. The van der Waals surface area contributed by atoms with Gasteiger partial charge in [-0.2, -0.15) is 0 Å². The number of hydrogen-bond acceptors (Lipinski definition) is 6. The summed E-state index contributed by atoms with van der Waals surface area (Å²) in [6.07, 6.45) is -3.03. The van der Waals surface area contributed by atoms with Gasteiger partial charge in [-0.1, -0.05) is 60.7 Å². The number of carbonyl (C=O) groups is 2. The summed E-state index contributed by atoms with van der Waals surface area (Å²) in [5.41, 5.74) is 0.681. The molecule has 0 saturated carbocycles. The largest absolute Gasteiger partial charge is 2.00 e. The van der Waals surface area contributed by atoms with E-state index < -0.39 is 24.1 Å². The van der Waals surface area contributed by atoms with Crippen molar-refractivity contribution in [3.8, 4) is 0 Å². The molecule has 6 nitrogen and oxygen atoms in total. The van der Waals surface area contributed by atoms with Crippen LogP contribution in [0.3, 0.4) is 0 Å². The van der Waals surface area contributed by atoms with E-state index in [0.29, 0.717) is 11.1 Å². The van der Waals surface area contributed by atoms with E-state index in [-0.39, 0.29) is 19.5 Å². The number of carbonyl (C=O) groups excluding carboxylic acids is 2. The summed E-state index contributed by atoms with van der Waals surface area (Å²) in [6, 6.07) is 16.2. The van der Waals surface area contributed by atoms with Crippen LogP contribution in [-0.4, -0.2) is 22.2 Å². The van der Waals surface area contributed by atoms with Crippen LogP contribution >= 0.6 is 0 Å². The molecule has 0 fully saturated rings. The van der Waals surface area contributed by atoms with Crippen molar-refractivity contribution >= 4 is 11.9 Å². The third-order valence-corrected chi connectivity index (χ3v) is 2.68. The Hall–Kier alpha value is -2.08. The fourth-order valence-corrected chi connectivity index (χ4v) is 1.54. The average Bonchev–Trinajstić information content (AvgIpc) is 2.55. The zero-order valence-electron chi connectivity index (χ0n) is 11.8. The summed E-state index contributed by atoms with van der Waals surface area (Å²) in [6.45, 7) is 0. The van der Waals surface area contributed by atoms with Crippen LogP contribution < -0.4 is 10.2 Å². The summed E-state index contributed by atoms with van der Waals surface area (Å²) in [7, 11) is 0. The van der Waals surface area contributed by atoms with Crippen molar-refractivity contribution in [3.05, 3.63) is 71.8 Å². The maximum Gasteiger partial charge on any atom is 2.00 e. The van der Waals surface area contributed by atoms with E-state index in [4.69, 9.17) is 10.2 Å². The van der Waals surface area contributed by atoms with E-state index in [1.807, 2.05) is 0 Å². The number of benzene rings is 2. The van der Waals surface area contributed by atoms with Gasteiger partial charge in [0.05, 0.1) is 11.9 Å². The molecule has 2 rings (SSSR count). The standard InChI is InChI=1S/2C8H8O3.Rh/c2*9-7(8(10)11)6-4-2-1-3-5-6;/h2*1-5,7,9H,(H,10,11);/q;;+2/p-2. The average molecular weight is 405 g/mol. The third-order valence-electron chi connectivity index (χ3n) is 2.68. The number of hydrogen-bond donors (Lipinski definition) is 2. The van der Waals surface area contributed by atoms with Crippen LogP contribution in [0.25, 0.3) is 0 Å². The van der Waals surface area contributed by atoms with Gasteiger partial charge in [0.25, 0.3) is 0 Å². The van der Waals surface area contributed by atoms with Gasteiger partial charge in [-0.25, -0.2) is 0 Å². The zero-order chi connectivity index (χ0) is 16.5. The molecule has 0 amide bonds. The minimum atomic E-state index is -1.52. The first-order valence-electron chi connectivity index (χ1n) is 6.31. The van der Waals surface area contributed by atoms with Gasteiger partial charge in [-0.3, -0.25) is 0 Å². The molecule has 0 aliphatic carbocycles. The molecule has 7 heteroatoms. The van der Waals surface area contributed by atoms with Gasteiger partial charge in [-0.15, -0.1) is 0 Å². The normalized spacial score (nSPS) is 11.9. The molecule has 2 aromatic rings. The molecule has 2 unspecified atom stereocenters. The molecule has 0 saturated heterocycles. The van der Waals surface area contributed by atoms with Gasteiger partial charge >= 0.3 is 19.5 Å². The Bertz CT molecular complexity index is 547.